The van der Waals surface area contributed by atoms with Crippen molar-refractivity contribution >= 4 is 0 Å². The maximum Gasteiger partial charge on any atom is 0.139 e. The van der Waals surface area contributed by atoms with Gasteiger partial charge < -0.3 is 9.88 Å². The molecule has 0 spiro atoms. The molecule has 1 heterocycles. The van der Waals surface area contributed by atoms with Crippen LogP contribution in [-0.2, 0) is 6.54 Å². The lowest BCUT2D eigenvalue weighted by atomic mass is 10.1. The van der Waals surface area contributed by atoms with Crippen LogP contribution in [0.2, 0.25) is 0 Å². The minimum atomic E-state index is 0.764. The van der Waals surface area contributed by atoms with E-state index >= 15 is 0 Å². The van der Waals surface area contributed by atoms with Gasteiger partial charge in [-0.25, -0.2) is 4.98 Å². The third-order valence-electron chi connectivity index (χ3n) is 3.18. The van der Waals surface area contributed by atoms with Gasteiger partial charge in [-0.05, 0) is 18.9 Å². The molecule has 1 aromatic carbocycles. The van der Waals surface area contributed by atoms with E-state index in [2.05, 4.69) is 53.0 Å². The molecule has 102 valence electrons. The van der Waals surface area contributed by atoms with Crippen LogP contribution >= 0.6 is 0 Å². The first-order chi connectivity index (χ1) is 9.27. The van der Waals surface area contributed by atoms with Gasteiger partial charge in [0.25, 0.3) is 0 Å². The van der Waals surface area contributed by atoms with Gasteiger partial charge in [0, 0.05) is 31.0 Å². The fraction of sp³-hybridized carbons (Fsp3) is 0.438. The van der Waals surface area contributed by atoms with Gasteiger partial charge in [0.2, 0.25) is 0 Å². The van der Waals surface area contributed by atoms with E-state index in [4.69, 9.17) is 0 Å². The number of nitrogens with one attached hydrogen (secondary N) is 1. The number of benzene rings is 1. The van der Waals surface area contributed by atoms with Gasteiger partial charge in [0.1, 0.15) is 5.82 Å². The van der Waals surface area contributed by atoms with Crippen molar-refractivity contribution in [3.05, 3.63) is 42.7 Å². The minimum absolute atomic E-state index is 0.764. The average Bonchev–Trinajstić information content (AvgIpc) is 2.87. The van der Waals surface area contributed by atoms with Crippen LogP contribution in [0.25, 0.3) is 11.4 Å². The zero-order valence-corrected chi connectivity index (χ0v) is 11.8. The molecule has 0 aliphatic rings. The van der Waals surface area contributed by atoms with Crippen molar-refractivity contribution in [1.82, 2.24) is 14.9 Å². The maximum absolute atomic E-state index is 4.45. The van der Waals surface area contributed by atoms with Crippen molar-refractivity contribution in [2.75, 3.05) is 13.1 Å². The summed E-state index contributed by atoms with van der Waals surface area (Å²) >= 11 is 0. The molecular weight excluding hydrogens is 234 g/mol. The number of aromatic nitrogens is 2. The lowest BCUT2D eigenvalue weighted by Crippen LogP contribution is -2.22. The minimum Gasteiger partial charge on any atom is -0.330 e. The Hall–Kier alpha value is -1.61. The summed E-state index contributed by atoms with van der Waals surface area (Å²) in [5, 5.41) is 3.49. The molecule has 0 atom stereocenters. The summed E-state index contributed by atoms with van der Waals surface area (Å²) in [6.45, 7) is 7.55. The summed E-state index contributed by atoms with van der Waals surface area (Å²) in [5.74, 6) is 1.81. The molecule has 1 N–H and O–H groups in total. The Labute approximate surface area is 115 Å². The van der Waals surface area contributed by atoms with Gasteiger partial charge in [-0.15, -0.1) is 0 Å². The molecule has 0 fully saturated rings. The van der Waals surface area contributed by atoms with Crippen molar-refractivity contribution in [1.29, 1.82) is 0 Å². The molecule has 0 saturated carbocycles. The van der Waals surface area contributed by atoms with E-state index in [-0.39, 0.29) is 0 Å². The van der Waals surface area contributed by atoms with Crippen LogP contribution in [0.4, 0.5) is 0 Å². The van der Waals surface area contributed by atoms with Crippen molar-refractivity contribution in [2.45, 2.75) is 26.8 Å². The van der Waals surface area contributed by atoms with Crippen LogP contribution in [-0.4, -0.2) is 22.6 Å². The topological polar surface area (TPSA) is 29.9 Å². The number of hydrogen-bond donors (Lipinski definition) is 1. The van der Waals surface area contributed by atoms with E-state index in [1.54, 1.807) is 0 Å². The highest BCUT2D eigenvalue weighted by atomic mass is 15.1. The third kappa shape index (κ3) is 4.21. The highest BCUT2D eigenvalue weighted by Crippen LogP contribution is 2.16. The zero-order valence-electron chi connectivity index (χ0n) is 11.8. The summed E-state index contributed by atoms with van der Waals surface area (Å²) < 4.78 is 2.21. The standard InChI is InChI=1S/C16H23N3/c1-14(2)8-9-17-10-12-19-13-11-18-16(19)15-6-4-3-5-7-15/h3-7,11,13-14,17H,8-10,12H2,1-2H3. The number of hydrogen-bond acceptors (Lipinski definition) is 2. The number of rotatable bonds is 7. The van der Waals surface area contributed by atoms with Crippen LogP contribution in [0.5, 0.6) is 0 Å². The largest absolute Gasteiger partial charge is 0.330 e. The molecule has 19 heavy (non-hydrogen) atoms. The summed E-state index contributed by atoms with van der Waals surface area (Å²) in [6, 6.07) is 10.3. The molecule has 0 unspecified atom stereocenters. The Morgan fingerprint density at radius 3 is 2.68 bits per heavy atom. The first-order valence-electron chi connectivity index (χ1n) is 7.04. The molecule has 2 aromatic rings. The molecular formula is C16H23N3. The summed E-state index contributed by atoms with van der Waals surface area (Å²) in [4.78, 5) is 4.45. The second kappa shape index (κ2) is 7.10. The zero-order chi connectivity index (χ0) is 13.5. The molecule has 0 amide bonds. The maximum atomic E-state index is 4.45. The van der Waals surface area contributed by atoms with Gasteiger partial charge in [0.05, 0.1) is 0 Å². The molecule has 0 aliphatic carbocycles. The number of imidazole rings is 1. The average molecular weight is 257 g/mol. The molecule has 3 heteroatoms. The third-order valence-corrected chi connectivity index (χ3v) is 3.18. The first kappa shape index (κ1) is 13.8. The monoisotopic (exact) mass is 257 g/mol. The predicted molar refractivity (Wildman–Crippen MR) is 80.0 cm³/mol. The van der Waals surface area contributed by atoms with E-state index < -0.39 is 0 Å². The van der Waals surface area contributed by atoms with Crippen LogP contribution in [0, 0.1) is 5.92 Å². The smallest absolute Gasteiger partial charge is 0.139 e. The molecule has 3 nitrogen and oxygen atoms in total. The Morgan fingerprint density at radius 1 is 1.16 bits per heavy atom. The lowest BCUT2D eigenvalue weighted by Gasteiger charge is -2.10. The van der Waals surface area contributed by atoms with Crippen molar-refractivity contribution in [3.8, 4) is 11.4 Å². The molecule has 1 aromatic heterocycles. The molecule has 0 bridgehead atoms. The van der Waals surface area contributed by atoms with Gasteiger partial charge in [-0.3, -0.25) is 0 Å². The normalized spacial score (nSPS) is 11.1. The Kier molecular flexibility index (Phi) is 5.16. The second-order valence-electron chi connectivity index (χ2n) is 5.24. The van der Waals surface area contributed by atoms with E-state index in [9.17, 15) is 0 Å². The van der Waals surface area contributed by atoms with Crippen LogP contribution in [0.3, 0.4) is 0 Å². The molecule has 2 rings (SSSR count). The van der Waals surface area contributed by atoms with E-state index in [0.717, 1.165) is 31.4 Å². The van der Waals surface area contributed by atoms with E-state index in [1.807, 2.05) is 18.5 Å². The predicted octanol–water partition coefficient (Wildman–Crippen LogP) is 3.19. The van der Waals surface area contributed by atoms with Gasteiger partial charge in [-0.1, -0.05) is 44.2 Å². The first-order valence-corrected chi connectivity index (χ1v) is 7.04. The highest BCUT2D eigenvalue weighted by Gasteiger charge is 2.04. The Balaban J connectivity index is 1.87. The SMILES string of the molecule is CC(C)CCNCCn1ccnc1-c1ccccc1. The Morgan fingerprint density at radius 2 is 1.95 bits per heavy atom. The summed E-state index contributed by atoms with van der Waals surface area (Å²) in [5.41, 5.74) is 1.18. The van der Waals surface area contributed by atoms with Crippen molar-refractivity contribution in [3.63, 3.8) is 0 Å². The van der Waals surface area contributed by atoms with Crippen molar-refractivity contribution < 1.29 is 0 Å². The second-order valence-corrected chi connectivity index (χ2v) is 5.24. The van der Waals surface area contributed by atoms with E-state index in [0.29, 0.717) is 0 Å². The lowest BCUT2D eigenvalue weighted by molar-refractivity contribution is 0.520. The van der Waals surface area contributed by atoms with Crippen molar-refractivity contribution in [2.24, 2.45) is 5.92 Å². The highest BCUT2D eigenvalue weighted by molar-refractivity contribution is 5.55. The van der Waals surface area contributed by atoms with Crippen LogP contribution < -0.4 is 5.32 Å². The fourth-order valence-electron chi connectivity index (χ4n) is 2.05. The summed E-state index contributed by atoms with van der Waals surface area (Å²) in [6.07, 6.45) is 5.15. The molecule has 0 saturated heterocycles. The van der Waals surface area contributed by atoms with Gasteiger partial charge in [0.15, 0.2) is 0 Å². The molecule has 0 aliphatic heterocycles. The van der Waals surface area contributed by atoms with Crippen LogP contribution in [0.1, 0.15) is 20.3 Å². The fourth-order valence-corrected chi connectivity index (χ4v) is 2.05. The Bertz CT molecular complexity index is 474. The number of nitrogens with zero attached hydrogens (tertiary/aromatic N) is 2. The molecule has 0 radical (unpaired) electrons. The van der Waals surface area contributed by atoms with Gasteiger partial charge >= 0.3 is 0 Å². The quantitative estimate of drug-likeness (QED) is 0.772. The van der Waals surface area contributed by atoms with E-state index in [1.165, 1.54) is 12.0 Å². The summed E-state index contributed by atoms with van der Waals surface area (Å²) in [7, 11) is 0. The van der Waals surface area contributed by atoms with Crippen LogP contribution in [0.15, 0.2) is 42.7 Å². The van der Waals surface area contributed by atoms with Gasteiger partial charge in [-0.2, -0.15) is 0 Å².